The SMILES string of the molecule is CCCCOCCCNC(=NC)NCCOc1ccc(C(F)(F)F)cn1.I. The second-order valence-corrected chi connectivity index (χ2v) is 5.48. The summed E-state index contributed by atoms with van der Waals surface area (Å²) in [6.45, 7) is 5.03. The van der Waals surface area contributed by atoms with E-state index >= 15 is 0 Å². The topological polar surface area (TPSA) is 67.8 Å². The zero-order valence-corrected chi connectivity index (χ0v) is 18.0. The molecule has 0 aliphatic carbocycles. The van der Waals surface area contributed by atoms with Gasteiger partial charge >= 0.3 is 6.18 Å². The summed E-state index contributed by atoms with van der Waals surface area (Å²) in [5.74, 6) is 0.773. The van der Waals surface area contributed by atoms with E-state index in [4.69, 9.17) is 9.47 Å². The molecule has 10 heteroatoms. The van der Waals surface area contributed by atoms with Crippen molar-refractivity contribution in [2.75, 3.05) is 40.0 Å². The first kappa shape index (κ1) is 25.7. The molecular formula is C17H28F3IN4O2. The van der Waals surface area contributed by atoms with Crippen LogP contribution in [0.3, 0.4) is 0 Å². The quantitative estimate of drug-likeness (QED) is 0.209. The molecule has 0 aromatic carbocycles. The van der Waals surface area contributed by atoms with Crippen LogP contribution >= 0.6 is 24.0 Å². The highest BCUT2D eigenvalue weighted by Gasteiger charge is 2.30. The van der Waals surface area contributed by atoms with E-state index in [1.54, 1.807) is 7.05 Å². The smallest absolute Gasteiger partial charge is 0.417 e. The van der Waals surface area contributed by atoms with Gasteiger partial charge in [0.25, 0.3) is 0 Å². The van der Waals surface area contributed by atoms with Crippen molar-refractivity contribution in [3.05, 3.63) is 23.9 Å². The molecule has 0 unspecified atom stereocenters. The Hall–Kier alpha value is -1.30. The molecule has 1 aromatic heterocycles. The van der Waals surface area contributed by atoms with Crippen LogP contribution in [0, 0.1) is 0 Å². The maximum absolute atomic E-state index is 12.4. The van der Waals surface area contributed by atoms with Gasteiger partial charge in [0.15, 0.2) is 5.96 Å². The molecular weight excluding hydrogens is 476 g/mol. The summed E-state index contributed by atoms with van der Waals surface area (Å²) in [7, 11) is 1.66. The number of hydrogen-bond acceptors (Lipinski definition) is 4. The first-order valence-electron chi connectivity index (χ1n) is 8.65. The van der Waals surface area contributed by atoms with Crippen LogP contribution < -0.4 is 15.4 Å². The first-order valence-corrected chi connectivity index (χ1v) is 8.65. The molecule has 1 heterocycles. The number of aromatic nitrogens is 1. The number of pyridine rings is 1. The van der Waals surface area contributed by atoms with Gasteiger partial charge in [0, 0.05) is 39.1 Å². The monoisotopic (exact) mass is 504 g/mol. The minimum atomic E-state index is -4.40. The van der Waals surface area contributed by atoms with Crippen LogP contribution in [-0.2, 0) is 10.9 Å². The van der Waals surface area contributed by atoms with Gasteiger partial charge in [0.05, 0.1) is 12.1 Å². The fourth-order valence-corrected chi connectivity index (χ4v) is 1.91. The summed E-state index contributed by atoms with van der Waals surface area (Å²) in [5.41, 5.74) is -0.800. The fourth-order valence-electron chi connectivity index (χ4n) is 1.91. The molecule has 1 rings (SSSR count). The van der Waals surface area contributed by atoms with E-state index in [9.17, 15) is 13.2 Å². The van der Waals surface area contributed by atoms with E-state index in [0.717, 1.165) is 44.7 Å². The summed E-state index contributed by atoms with van der Waals surface area (Å²) in [4.78, 5) is 7.72. The van der Waals surface area contributed by atoms with Gasteiger partial charge in [-0.3, -0.25) is 4.99 Å². The van der Waals surface area contributed by atoms with Crippen LogP contribution in [0.15, 0.2) is 23.3 Å². The summed E-state index contributed by atoms with van der Waals surface area (Å²) >= 11 is 0. The minimum Gasteiger partial charge on any atom is -0.476 e. The predicted octanol–water partition coefficient (Wildman–Crippen LogP) is 3.47. The van der Waals surface area contributed by atoms with E-state index in [1.807, 2.05) is 0 Å². The standard InChI is InChI=1S/C17H27F3N4O2.HI/c1-3-4-10-25-11-5-8-22-16(21-2)23-9-12-26-15-7-6-14(13-24-15)17(18,19)20;/h6-7,13H,3-5,8-12H2,1-2H3,(H2,21,22,23);1H. The highest BCUT2D eigenvalue weighted by molar-refractivity contribution is 14.0. The van der Waals surface area contributed by atoms with Crippen molar-refractivity contribution < 1.29 is 22.6 Å². The Kier molecular flexibility index (Phi) is 14.0. The van der Waals surface area contributed by atoms with E-state index in [1.165, 1.54) is 6.07 Å². The van der Waals surface area contributed by atoms with Crippen molar-refractivity contribution in [1.82, 2.24) is 15.6 Å². The summed E-state index contributed by atoms with van der Waals surface area (Å²) in [5, 5.41) is 6.20. The Balaban J connectivity index is 0.00000676. The van der Waals surface area contributed by atoms with Gasteiger partial charge in [-0.15, -0.1) is 24.0 Å². The van der Waals surface area contributed by atoms with E-state index in [-0.39, 0.29) is 36.5 Å². The lowest BCUT2D eigenvalue weighted by atomic mass is 10.3. The lowest BCUT2D eigenvalue weighted by Gasteiger charge is -2.12. The van der Waals surface area contributed by atoms with Gasteiger partial charge in [0.1, 0.15) is 6.61 Å². The lowest BCUT2D eigenvalue weighted by molar-refractivity contribution is -0.137. The van der Waals surface area contributed by atoms with Crippen molar-refractivity contribution in [3.63, 3.8) is 0 Å². The minimum absolute atomic E-state index is 0. The number of nitrogens with one attached hydrogen (secondary N) is 2. The summed E-state index contributed by atoms with van der Waals surface area (Å²) in [6, 6.07) is 2.15. The Labute approximate surface area is 175 Å². The number of rotatable bonds is 11. The van der Waals surface area contributed by atoms with Crippen LogP contribution in [0.4, 0.5) is 13.2 Å². The maximum Gasteiger partial charge on any atom is 0.417 e. The van der Waals surface area contributed by atoms with Crippen LogP contribution in [0.2, 0.25) is 0 Å². The average molecular weight is 504 g/mol. The number of halogens is 4. The van der Waals surface area contributed by atoms with Gasteiger partial charge in [-0.05, 0) is 18.9 Å². The van der Waals surface area contributed by atoms with Crippen LogP contribution in [-0.4, -0.2) is 50.9 Å². The molecule has 0 atom stereocenters. The zero-order valence-electron chi connectivity index (χ0n) is 15.6. The van der Waals surface area contributed by atoms with Crippen molar-refractivity contribution in [2.24, 2.45) is 4.99 Å². The number of hydrogen-bond donors (Lipinski definition) is 2. The molecule has 0 aliphatic heterocycles. The van der Waals surface area contributed by atoms with Crippen molar-refractivity contribution in [2.45, 2.75) is 32.4 Å². The van der Waals surface area contributed by atoms with E-state index in [2.05, 4.69) is 27.5 Å². The molecule has 0 saturated heterocycles. The molecule has 1 aromatic rings. The van der Waals surface area contributed by atoms with Gasteiger partial charge in [-0.2, -0.15) is 13.2 Å². The third kappa shape index (κ3) is 11.9. The molecule has 0 spiro atoms. The number of unbranched alkanes of at least 4 members (excludes halogenated alkanes) is 1. The predicted molar refractivity (Wildman–Crippen MR) is 110 cm³/mol. The highest BCUT2D eigenvalue weighted by atomic mass is 127. The molecule has 0 aliphatic rings. The normalized spacial score (nSPS) is 11.7. The highest BCUT2D eigenvalue weighted by Crippen LogP contribution is 2.29. The summed E-state index contributed by atoms with van der Waals surface area (Å²) in [6.07, 6.45) is -0.572. The van der Waals surface area contributed by atoms with Crippen LogP contribution in [0.25, 0.3) is 0 Å². The molecule has 156 valence electrons. The van der Waals surface area contributed by atoms with Crippen molar-refractivity contribution in [3.8, 4) is 5.88 Å². The zero-order chi connectivity index (χ0) is 19.3. The molecule has 0 fully saturated rings. The molecule has 0 radical (unpaired) electrons. The third-order valence-corrected chi connectivity index (χ3v) is 3.33. The third-order valence-electron chi connectivity index (χ3n) is 3.33. The lowest BCUT2D eigenvalue weighted by Crippen LogP contribution is -2.39. The molecule has 27 heavy (non-hydrogen) atoms. The molecule has 0 amide bonds. The molecule has 0 bridgehead atoms. The number of alkyl halides is 3. The van der Waals surface area contributed by atoms with Crippen LogP contribution in [0.1, 0.15) is 31.7 Å². The number of ether oxygens (including phenoxy) is 2. The number of guanidine groups is 1. The molecule has 0 saturated carbocycles. The van der Waals surface area contributed by atoms with Crippen molar-refractivity contribution in [1.29, 1.82) is 0 Å². The van der Waals surface area contributed by atoms with Gasteiger partial charge in [-0.25, -0.2) is 4.98 Å². The Morgan fingerprint density at radius 1 is 1.11 bits per heavy atom. The maximum atomic E-state index is 12.4. The average Bonchev–Trinajstić information content (AvgIpc) is 2.62. The summed E-state index contributed by atoms with van der Waals surface area (Å²) < 4.78 is 48.1. The van der Waals surface area contributed by atoms with E-state index < -0.39 is 11.7 Å². The van der Waals surface area contributed by atoms with E-state index in [0.29, 0.717) is 19.1 Å². The Morgan fingerprint density at radius 2 is 1.81 bits per heavy atom. The molecule has 6 nitrogen and oxygen atoms in total. The van der Waals surface area contributed by atoms with Gasteiger partial charge in [-0.1, -0.05) is 13.3 Å². The van der Waals surface area contributed by atoms with Crippen molar-refractivity contribution >= 4 is 29.9 Å². The Bertz CT molecular complexity index is 528. The van der Waals surface area contributed by atoms with Crippen LogP contribution in [0.5, 0.6) is 5.88 Å². The first-order chi connectivity index (χ1) is 12.5. The second-order valence-electron chi connectivity index (χ2n) is 5.48. The van der Waals surface area contributed by atoms with Gasteiger partial charge < -0.3 is 20.1 Å². The largest absolute Gasteiger partial charge is 0.476 e. The second kappa shape index (κ2) is 14.7. The van der Waals surface area contributed by atoms with Gasteiger partial charge in [0.2, 0.25) is 5.88 Å². The fraction of sp³-hybridized carbons (Fsp3) is 0.647. The molecule has 2 N–H and O–H groups in total. The number of nitrogens with zero attached hydrogens (tertiary/aromatic N) is 2. The number of aliphatic imine (C=N–C) groups is 1. The Morgan fingerprint density at radius 3 is 2.41 bits per heavy atom.